The van der Waals surface area contributed by atoms with Crippen LogP contribution in [-0.2, 0) is 16.0 Å². The predicted molar refractivity (Wildman–Crippen MR) is 82.4 cm³/mol. The van der Waals surface area contributed by atoms with E-state index in [0.717, 1.165) is 24.2 Å². The van der Waals surface area contributed by atoms with E-state index in [1.807, 2.05) is 18.2 Å². The van der Waals surface area contributed by atoms with Crippen molar-refractivity contribution in [3.63, 3.8) is 0 Å². The molecule has 1 aliphatic rings. The second-order valence-electron chi connectivity index (χ2n) is 5.94. The third-order valence-electron chi connectivity index (χ3n) is 4.07. The Labute approximate surface area is 126 Å². The van der Waals surface area contributed by atoms with E-state index in [0.29, 0.717) is 19.1 Å². The van der Waals surface area contributed by atoms with Crippen molar-refractivity contribution in [1.82, 2.24) is 5.32 Å². The van der Waals surface area contributed by atoms with Crippen LogP contribution in [0.2, 0.25) is 0 Å². The Hall–Kier alpha value is -1.55. The number of benzene rings is 1. The second-order valence-corrected chi connectivity index (χ2v) is 5.94. The largest absolute Gasteiger partial charge is 0.496 e. The summed E-state index contributed by atoms with van der Waals surface area (Å²) in [4.78, 5) is 12.3. The van der Waals surface area contributed by atoms with Gasteiger partial charge in [0.1, 0.15) is 5.75 Å². The number of ether oxygens (including phenoxy) is 2. The average molecular weight is 291 g/mol. The molecule has 1 N–H and O–H groups in total. The summed E-state index contributed by atoms with van der Waals surface area (Å²) in [5.41, 5.74) is 1.13. The number of nitrogens with one attached hydrogen (secondary N) is 1. The Morgan fingerprint density at radius 2 is 2.19 bits per heavy atom. The Balaban J connectivity index is 2.03. The summed E-state index contributed by atoms with van der Waals surface area (Å²) in [5, 5.41) is 3.18. The number of hydrogen-bond acceptors (Lipinski definition) is 3. The number of amides is 1. The lowest BCUT2D eigenvalue weighted by atomic mass is 9.95. The highest BCUT2D eigenvalue weighted by Gasteiger charge is 2.26. The van der Waals surface area contributed by atoms with Gasteiger partial charge in [0, 0.05) is 12.6 Å². The third kappa shape index (κ3) is 4.21. The molecule has 1 amide bonds. The number of rotatable bonds is 6. The molecule has 2 rings (SSSR count). The van der Waals surface area contributed by atoms with Gasteiger partial charge in [0.25, 0.3) is 0 Å². The first-order chi connectivity index (χ1) is 10.1. The Morgan fingerprint density at radius 1 is 1.43 bits per heavy atom. The lowest BCUT2D eigenvalue weighted by Gasteiger charge is -2.24. The summed E-state index contributed by atoms with van der Waals surface area (Å²) in [6.07, 6.45) is 1.60. The van der Waals surface area contributed by atoms with Crippen molar-refractivity contribution in [3.8, 4) is 5.75 Å². The molecule has 1 heterocycles. The molecular formula is C17H25NO3. The molecule has 0 spiro atoms. The molecule has 0 unspecified atom stereocenters. The van der Waals surface area contributed by atoms with Crippen LogP contribution in [0.4, 0.5) is 0 Å². The van der Waals surface area contributed by atoms with Crippen molar-refractivity contribution in [3.05, 3.63) is 29.8 Å². The van der Waals surface area contributed by atoms with Crippen molar-refractivity contribution in [1.29, 1.82) is 0 Å². The van der Waals surface area contributed by atoms with Gasteiger partial charge >= 0.3 is 0 Å². The van der Waals surface area contributed by atoms with Gasteiger partial charge in [0.15, 0.2) is 0 Å². The molecule has 2 atom stereocenters. The van der Waals surface area contributed by atoms with E-state index < -0.39 is 0 Å². The third-order valence-corrected chi connectivity index (χ3v) is 4.07. The van der Waals surface area contributed by atoms with Crippen molar-refractivity contribution < 1.29 is 14.3 Å². The summed E-state index contributed by atoms with van der Waals surface area (Å²) in [5.74, 6) is 1.35. The number of carbonyl (C=O) groups excluding carboxylic acids is 1. The zero-order chi connectivity index (χ0) is 15.2. The molecule has 0 aliphatic carbocycles. The maximum atomic E-state index is 12.3. The van der Waals surface area contributed by atoms with Crippen LogP contribution in [0.3, 0.4) is 0 Å². The van der Waals surface area contributed by atoms with E-state index in [4.69, 9.17) is 9.47 Å². The van der Waals surface area contributed by atoms with E-state index in [2.05, 4.69) is 25.2 Å². The summed E-state index contributed by atoms with van der Waals surface area (Å²) in [7, 11) is 1.68. The van der Waals surface area contributed by atoms with E-state index in [-0.39, 0.29) is 17.9 Å². The lowest BCUT2D eigenvalue weighted by Crippen LogP contribution is -2.43. The fraction of sp³-hybridized carbons (Fsp3) is 0.588. The molecule has 0 radical (unpaired) electrons. The van der Waals surface area contributed by atoms with Gasteiger partial charge in [0.05, 0.1) is 19.6 Å². The summed E-state index contributed by atoms with van der Waals surface area (Å²) >= 11 is 0. The highest BCUT2D eigenvalue weighted by atomic mass is 16.5. The molecule has 0 aromatic heterocycles. The molecule has 1 aliphatic heterocycles. The molecule has 1 saturated heterocycles. The van der Waals surface area contributed by atoms with Crippen molar-refractivity contribution >= 4 is 5.91 Å². The van der Waals surface area contributed by atoms with Gasteiger partial charge in [-0.2, -0.15) is 0 Å². The quantitative estimate of drug-likeness (QED) is 0.875. The second kappa shape index (κ2) is 7.46. The molecule has 4 heteroatoms. The Bertz CT molecular complexity index is 467. The van der Waals surface area contributed by atoms with Crippen LogP contribution >= 0.6 is 0 Å². The smallest absolute Gasteiger partial charge is 0.225 e. The van der Waals surface area contributed by atoms with Crippen LogP contribution in [-0.4, -0.2) is 32.3 Å². The van der Waals surface area contributed by atoms with Gasteiger partial charge < -0.3 is 14.8 Å². The van der Waals surface area contributed by atoms with Crippen LogP contribution in [0.25, 0.3) is 0 Å². The van der Waals surface area contributed by atoms with Crippen molar-refractivity contribution in [2.45, 2.75) is 32.7 Å². The summed E-state index contributed by atoms with van der Waals surface area (Å²) in [6, 6.07) is 8.08. The zero-order valence-electron chi connectivity index (χ0n) is 13.1. The fourth-order valence-corrected chi connectivity index (χ4v) is 2.60. The topological polar surface area (TPSA) is 47.6 Å². The number of methoxy groups -OCH3 is 1. The van der Waals surface area contributed by atoms with Crippen LogP contribution in [0.5, 0.6) is 5.75 Å². The monoisotopic (exact) mass is 291 g/mol. The van der Waals surface area contributed by atoms with E-state index in [9.17, 15) is 4.79 Å². The lowest BCUT2D eigenvalue weighted by molar-refractivity contribution is -0.126. The Kier molecular flexibility index (Phi) is 5.62. The molecular weight excluding hydrogens is 266 g/mol. The summed E-state index contributed by atoms with van der Waals surface area (Å²) < 4.78 is 10.7. The minimum absolute atomic E-state index is 0.00363. The van der Waals surface area contributed by atoms with E-state index >= 15 is 0 Å². The molecule has 0 saturated carbocycles. The molecule has 1 aromatic carbocycles. The zero-order valence-corrected chi connectivity index (χ0v) is 13.1. The first kappa shape index (κ1) is 15.8. The first-order valence-corrected chi connectivity index (χ1v) is 7.61. The van der Waals surface area contributed by atoms with Crippen molar-refractivity contribution in [2.75, 3.05) is 20.3 Å². The average Bonchev–Trinajstić information content (AvgIpc) is 3.01. The highest BCUT2D eigenvalue weighted by Crippen LogP contribution is 2.22. The maximum absolute atomic E-state index is 12.3. The molecule has 1 fully saturated rings. The number of carbonyl (C=O) groups is 1. The van der Waals surface area contributed by atoms with Crippen LogP contribution < -0.4 is 10.1 Å². The number of para-hydroxylation sites is 1. The Morgan fingerprint density at radius 3 is 2.81 bits per heavy atom. The van der Waals surface area contributed by atoms with Crippen LogP contribution in [0, 0.1) is 11.8 Å². The maximum Gasteiger partial charge on any atom is 0.225 e. The molecule has 21 heavy (non-hydrogen) atoms. The predicted octanol–water partition coefficient (Wildman–Crippen LogP) is 2.42. The molecule has 4 nitrogen and oxygen atoms in total. The van der Waals surface area contributed by atoms with Crippen molar-refractivity contribution in [2.24, 2.45) is 11.8 Å². The van der Waals surface area contributed by atoms with Gasteiger partial charge in [0.2, 0.25) is 5.91 Å². The van der Waals surface area contributed by atoms with Gasteiger partial charge in [-0.1, -0.05) is 32.0 Å². The molecule has 0 bridgehead atoms. The van der Waals surface area contributed by atoms with Crippen LogP contribution in [0.1, 0.15) is 25.8 Å². The minimum Gasteiger partial charge on any atom is -0.496 e. The van der Waals surface area contributed by atoms with Gasteiger partial charge in [-0.05, 0) is 30.4 Å². The highest BCUT2D eigenvalue weighted by molar-refractivity contribution is 5.79. The first-order valence-electron chi connectivity index (χ1n) is 7.61. The fourth-order valence-electron chi connectivity index (χ4n) is 2.60. The normalized spacial score (nSPS) is 19.5. The summed E-state index contributed by atoms with van der Waals surface area (Å²) in [6.45, 7) is 5.50. The van der Waals surface area contributed by atoms with Gasteiger partial charge in [-0.3, -0.25) is 4.79 Å². The number of hydrogen-bond donors (Lipinski definition) is 1. The van der Waals surface area contributed by atoms with Crippen LogP contribution in [0.15, 0.2) is 24.3 Å². The SMILES string of the molecule is COc1ccccc1C[C@H](NC(=O)[C@@H]1CCOC1)C(C)C. The van der Waals surface area contributed by atoms with Gasteiger partial charge in [-0.25, -0.2) is 0 Å². The minimum atomic E-state index is 0.00363. The standard InChI is InChI=1S/C17H25NO3/c1-12(2)15(18-17(19)14-8-9-21-11-14)10-13-6-4-5-7-16(13)20-3/h4-7,12,14-15H,8-11H2,1-3H3,(H,18,19)/t14-,15+/m1/s1. The molecule has 116 valence electrons. The van der Waals surface area contributed by atoms with Gasteiger partial charge in [-0.15, -0.1) is 0 Å². The van der Waals surface area contributed by atoms with E-state index in [1.165, 1.54) is 0 Å². The molecule has 1 aromatic rings. The van der Waals surface area contributed by atoms with E-state index in [1.54, 1.807) is 7.11 Å².